The molecule has 1 aliphatic carbocycles. The molecule has 1 amide bonds. The molecule has 1 atom stereocenters. The first-order valence-electron chi connectivity index (χ1n) is 6.53. The molecule has 3 rings (SSSR count). The molecule has 0 spiro atoms. The Hall–Kier alpha value is -2.37. The molecule has 2 aromatic rings. The minimum Gasteiger partial charge on any atom is -0.480 e. The van der Waals surface area contributed by atoms with Crippen molar-refractivity contribution in [1.29, 1.82) is 0 Å². The van der Waals surface area contributed by atoms with Crippen LogP contribution in [0.25, 0.3) is 10.9 Å². The van der Waals surface area contributed by atoms with Crippen molar-refractivity contribution in [2.24, 2.45) is 5.92 Å². The minimum absolute atomic E-state index is 0.0542. The Morgan fingerprint density at radius 2 is 2.20 bits per heavy atom. The van der Waals surface area contributed by atoms with Crippen molar-refractivity contribution < 1.29 is 14.7 Å². The second-order valence-electron chi connectivity index (χ2n) is 5.27. The predicted molar refractivity (Wildman–Crippen MR) is 72.4 cm³/mol. The molecule has 1 fully saturated rings. The first-order chi connectivity index (χ1) is 9.56. The normalized spacial score (nSPS) is 16.1. The fourth-order valence-corrected chi connectivity index (χ4v) is 2.42. The molecule has 1 heterocycles. The molecule has 1 saturated carbocycles. The van der Waals surface area contributed by atoms with Crippen molar-refractivity contribution in [3.63, 3.8) is 0 Å². The van der Waals surface area contributed by atoms with Crippen LogP contribution in [0.5, 0.6) is 0 Å². The van der Waals surface area contributed by atoms with Gasteiger partial charge in [-0.15, -0.1) is 0 Å². The van der Waals surface area contributed by atoms with Crippen LogP contribution in [-0.4, -0.2) is 33.2 Å². The lowest BCUT2D eigenvalue weighted by atomic mass is 10.1. The first-order valence-corrected chi connectivity index (χ1v) is 6.53. The van der Waals surface area contributed by atoms with Gasteiger partial charge in [-0.3, -0.25) is 9.89 Å². The number of nitrogens with zero attached hydrogens (tertiary/aromatic N) is 1. The van der Waals surface area contributed by atoms with Crippen LogP contribution in [0.2, 0.25) is 0 Å². The number of hydrogen-bond donors (Lipinski definition) is 3. The summed E-state index contributed by atoms with van der Waals surface area (Å²) in [6.45, 7) is 1.89. The average Bonchev–Trinajstić information content (AvgIpc) is 3.12. The number of aromatic amines is 1. The van der Waals surface area contributed by atoms with Crippen LogP contribution in [-0.2, 0) is 4.79 Å². The lowest BCUT2D eigenvalue weighted by Gasteiger charge is -2.14. The molecule has 0 radical (unpaired) electrons. The number of rotatable bonds is 4. The monoisotopic (exact) mass is 273 g/mol. The van der Waals surface area contributed by atoms with Crippen LogP contribution in [0.1, 0.15) is 28.8 Å². The van der Waals surface area contributed by atoms with Gasteiger partial charge in [-0.25, -0.2) is 4.79 Å². The van der Waals surface area contributed by atoms with Crippen LogP contribution in [0.4, 0.5) is 0 Å². The van der Waals surface area contributed by atoms with Crippen molar-refractivity contribution >= 4 is 22.8 Å². The summed E-state index contributed by atoms with van der Waals surface area (Å²) in [7, 11) is 0. The van der Waals surface area contributed by atoms with Gasteiger partial charge in [0.05, 0.1) is 17.3 Å². The molecule has 1 unspecified atom stereocenters. The number of carboxylic acids is 1. The number of carbonyl (C=O) groups is 2. The Balaban J connectivity index is 1.92. The maximum atomic E-state index is 12.3. The summed E-state index contributed by atoms with van der Waals surface area (Å²) in [6.07, 6.45) is 3.35. The number of carboxylic acid groups (broad SMARTS) is 1. The highest BCUT2D eigenvalue weighted by Gasteiger charge is 2.37. The summed E-state index contributed by atoms with van der Waals surface area (Å²) in [5.41, 5.74) is 2.00. The Kier molecular flexibility index (Phi) is 2.93. The fourth-order valence-electron chi connectivity index (χ4n) is 2.42. The number of H-pyrrole nitrogens is 1. The van der Waals surface area contributed by atoms with E-state index in [1.807, 2.05) is 13.0 Å². The van der Waals surface area contributed by atoms with Crippen molar-refractivity contribution in [1.82, 2.24) is 15.5 Å². The average molecular weight is 273 g/mol. The Bertz CT molecular complexity index is 688. The van der Waals surface area contributed by atoms with Crippen molar-refractivity contribution in [2.45, 2.75) is 25.8 Å². The smallest absolute Gasteiger partial charge is 0.326 e. The van der Waals surface area contributed by atoms with Crippen LogP contribution in [0, 0.1) is 12.8 Å². The topological polar surface area (TPSA) is 95.1 Å². The number of fused-ring (bicyclic) bond motifs is 1. The number of aliphatic carboxylic acids is 1. The van der Waals surface area contributed by atoms with E-state index in [1.165, 1.54) is 0 Å². The summed E-state index contributed by atoms with van der Waals surface area (Å²) < 4.78 is 0. The van der Waals surface area contributed by atoms with E-state index in [-0.39, 0.29) is 11.8 Å². The fraction of sp³-hybridized carbons (Fsp3) is 0.357. The molecular weight excluding hydrogens is 258 g/mol. The van der Waals surface area contributed by atoms with Gasteiger partial charge in [-0.2, -0.15) is 5.10 Å². The van der Waals surface area contributed by atoms with E-state index >= 15 is 0 Å². The Morgan fingerprint density at radius 3 is 2.85 bits per heavy atom. The van der Waals surface area contributed by atoms with Gasteiger partial charge in [0.2, 0.25) is 0 Å². The molecule has 104 valence electrons. The van der Waals surface area contributed by atoms with Gasteiger partial charge in [0, 0.05) is 5.39 Å². The van der Waals surface area contributed by atoms with Gasteiger partial charge < -0.3 is 10.4 Å². The van der Waals surface area contributed by atoms with Crippen LogP contribution >= 0.6 is 0 Å². The second kappa shape index (κ2) is 4.63. The van der Waals surface area contributed by atoms with Crippen molar-refractivity contribution in [3.05, 3.63) is 29.5 Å². The summed E-state index contributed by atoms with van der Waals surface area (Å²) in [6, 6.07) is 2.85. The summed E-state index contributed by atoms with van der Waals surface area (Å²) in [5, 5.41) is 19.3. The molecule has 6 heteroatoms. The van der Waals surface area contributed by atoms with E-state index in [2.05, 4.69) is 15.5 Å². The highest BCUT2D eigenvalue weighted by atomic mass is 16.4. The molecular formula is C14H15N3O3. The Morgan fingerprint density at radius 1 is 1.45 bits per heavy atom. The Labute approximate surface area is 115 Å². The molecule has 1 aromatic heterocycles. The summed E-state index contributed by atoms with van der Waals surface area (Å²) in [5.74, 6) is -1.30. The van der Waals surface area contributed by atoms with E-state index in [0.29, 0.717) is 11.1 Å². The number of carbonyl (C=O) groups excluding carboxylic acids is 1. The summed E-state index contributed by atoms with van der Waals surface area (Å²) in [4.78, 5) is 23.5. The number of nitrogens with one attached hydrogen (secondary N) is 2. The van der Waals surface area contributed by atoms with Crippen LogP contribution in [0.3, 0.4) is 0 Å². The number of amides is 1. The van der Waals surface area contributed by atoms with Gasteiger partial charge in [0.1, 0.15) is 6.04 Å². The number of hydrogen-bond acceptors (Lipinski definition) is 3. The van der Waals surface area contributed by atoms with Gasteiger partial charge in [0.25, 0.3) is 5.91 Å². The third kappa shape index (κ3) is 2.24. The molecule has 0 bridgehead atoms. The van der Waals surface area contributed by atoms with Crippen LogP contribution < -0.4 is 5.32 Å². The highest BCUT2D eigenvalue weighted by molar-refractivity contribution is 6.06. The minimum atomic E-state index is -0.977. The van der Waals surface area contributed by atoms with Crippen molar-refractivity contribution in [3.8, 4) is 0 Å². The van der Waals surface area contributed by atoms with Gasteiger partial charge >= 0.3 is 5.97 Å². The first kappa shape index (κ1) is 12.7. The third-order valence-corrected chi connectivity index (χ3v) is 3.58. The predicted octanol–water partition coefficient (Wildman–Crippen LogP) is 1.46. The van der Waals surface area contributed by atoms with Gasteiger partial charge in [0.15, 0.2) is 0 Å². The highest BCUT2D eigenvalue weighted by Crippen LogP contribution is 2.33. The van der Waals surface area contributed by atoms with Gasteiger partial charge in [-0.1, -0.05) is 0 Å². The number of aryl methyl sites for hydroxylation is 1. The molecule has 0 saturated heterocycles. The largest absolute Gasteiger partial charge is 0.480 e. The molecule has 1 aliphatic rings. The van der Waals surface area contributed by atoms with Crippen molar-refractivity contribution in [2.75, 3.05) is 0 Å². The SMILES string of the molecule is Cc1cc(C(=O)NC(C(=O)O)C2CC2)c2[nH]ncc2c1. The van der Waals surface area contributed by atoms with Gasteiger partial charge in [-0.05, 0) is 43.4 Å². The molecule has 20 heavy (non-hydrogen) atoms. The quantitative estimate of drug-likeness (QED) is 0.786. The molecule has 6 nitrogen and oxygen atoms in total. The van der Waals surface area contributed by atoms with Crippen LogP contribution in [0.15, 0.2) is 18.3 Å². The number of benzene rings is 1. The molecule has 0 aliphatic heterocycles. The van der Waals surface area contributed by atoms with E-state index in [4.69, 9.17) is 0 Å². The molecule has 1 aromatic carbocycles. The lowest BCUT2D eigenvalue weighted by Crippen LogP contribution is -2.42. The lowest BCUT2D eigenvalue weighted by molar-refractivity contribution is -0.139. The zero-order valence-corrected chi connectivity index (χ0v) is 11.0. The summed E-state index contributed by atoms with van der Waals surface area (Å²) >= 11 is 0. The molecule has 3 N–H and O–H groups in total. The number of aromatic nitrogens is 2. The second-order valence-corrected chi connectivity index (χ2v) is 5.27. The van der Waals surface area contributed by atoms with E-state index in [9.17, 15) is 14.7 Å². The maximum absolute atomic E-state index is 12.3. The maximum Gasteiger partial charge on any atom is 0.326 e. The van der Waals surface area contributed by atoms with E-state index < -0.39 is 12.0 Å². The standard InChI is InChI=1S/C14H15N3O3/c1-7-4-9-6-15-17-11(9)10(5-7)13(18)16-12(14(19)20)8-2-3-8/h4-6,8,12H,2-3H2,1H3,(H,15,17)(H,16,18)(H,19,20). The van der Waals surface area contributed by atoms with E-state index in [1.54, 1.807) is 12.3 Å². The third-order valence-electron chi connectivity index (χ3n) is 3.58. The zero-order valence-electron chi connectivity index (χ0n) is 11.0. The van der Waals surface area contributed by atoms with E-state index in [0.717, 1.165) is 23.8 Å². The zero-order chi connectivity index (χ0) is 14.3.